The molecule has 0 radical (unpaired) electrons. The van der Waals surface area contributed by atoms with E-state index in [1.165, 1.54) is 23.8 Å². The molecule has 0 aliphatic carbocycles. The predicted molar refractivity (Wildman–Crippen MR) is 61.0 cm³/mol. The third kappa shape index (κ3) is 2.82. The molecule has 0 saturated carbocycles. The number of hydrogen-bond acceptors (Lipinski definition) is 2. The van der Waals surface area contributed by atoms with Crippen LogP contribution in [-0.2, 0) is 9.53 Å². The van der Waals surface area contributed by atoms with Crippen LogP contribution in [0.2, 0.25) is 0 Å². The lowest BCUT2D eigenvalue weighted by atomic mass is 9.91. The zero-order valence-electron chi connectivity index (χ0n) is 9.83. The molecule has 1 rings (SSSR count). The molecule has 15 heavy (non-hydrogen) atoms. The third-order valence-electron chi connectivity index (χ3n) is 2.88. The minimum Gasteiger partial charge on any atom is -0.469 e. The maximum atomic E-state index is 11.2. The van der Waals surface area contributed by atoms with Gasteiger partial charge in [-0.3, -0.25) is 4.79 Å². The van der Waals surface area contributed by atoms with Crippen molar-refractivity contribution in [3.05, 3.63) is 34.9 Å². The van der Waals surface area contributed by atoms with Crippen LogP contribution in [0.25, 0.3) is 0 Å². The molecular formula is C13H18O2. The molecule has 1 aromatic carbocycles. The Morgan fingerprint density at radius 3 is 2.67 bits per heavy atom. The largest absolute Gasteiger partial charge is 0.469 e. The summed E-state index contributed by atoms with van der Waals surface area (Å²) in [5.41, 5.74) is 3.78. The molecule has 1 aromatic rings. The molecule has 0 spiro atoms. The SMILES string of the molecule is COC(=O)CC(C)c1cccc(C)c1C. The van der Waals surface area contributed by atoms with Gasteiger partial charge in [-0.1, -0.05) is 25.1 Å². The van der Waals surface area contributed by atoms with Gasteiger partial charge in [-0.25, -0.2) is 0 Å². The minimum absolute atomic E-state index is 0.150. The molecular weight excluding hydrogens is 188 g/mol. The van der Waals surface area contributed by atoms with Gasteiger partial charge in [-0.05, 0) is 36.5 Å². The average Bonchev–Trinajstić information content (AvgIpc) is 2.21. The normalized spacial score (nSPS) is 12.3. The van der Waals surface area contributed by atoms with E-state index in [9.17, 15) is 4.79 Å². The number of carbonyl (C=O) groups excluding carboxylic acids is 1. The molecule has 0 fully saturated rings. The van der Waals surface area contributed by atoms with E-state index >= 15 is 0 Å². The van der Waals surface area contributed by atoms with Crippen molar-refractivity contribution >= 4 is 5.97 Å². The number of ether oxygens (including phenoxy) is 1. The fraction of sp³-hybridized carbons (Fsp3) is 0.462. The number of benzene rings is 1. The van der Waals surface area contributed by atoms with Crippen LogP contribution in [-0.4, -0.2) is 13.1 Å². The van der Waals surface area contributed by atoms with Gasteiger partial charge in [-0.15, -0.1) is 0 Å². The van der Waals surface area contributed by atoms with Gasteiger partial charge in [-0.2, -0.15) is 0 Å². The second kappa shape index (κ2) is 4.96. The zero-order chi connectivity index (χ0) is 11.4. The van der Waals surface area contributed by atoms with Crippen molar-refractivity contribution in [1.29, 1.82) is 0 Å². The van der Waals surface area contributed by atoms with Gasteiger partial charge >= 0.3 is 5.97 Å². The van der Waals surface area contributed by atoms with Crippen LogP contribution in [0.5, 0.6) is 0 Å². The van der Waals surface area contributed by atoms with Crippen molar-refractivity contribution in [2.75, 3.05) is 7.11 Å². The Morgan fingerprint density at radius 1 is 1.40 bits per heavy atom. The Balaban J connectivity index is 2.86. The van der Waals surface area contributed by atoms with Gasteiger partial charge in [0.25, 0.3) is 0 Å². The number of aryl methyl sites for hydroxylation is 1. The Kier molecular flexibility index (Phi) is 3.89. The molecule has 2 heteroatoms. The average molecular weight is 206 g/mol. The number of methoxy groups -OCH3 is 1. The van der Waals surface area contributed by atoms with E-state index in [2.05, 4.69) is 37.6 Å². The predicted octanol–water partition coefficient (Wildman–Crippen LogP) is 2.97. The van der Waals surface area contributed by atoms with Crippen molar-refractivity contribution < 1.29 is 9.53 Å². The van der Waals surface area contributed by atoms with Crippen LogP contribution in [0.1, 0.15) is 36.0 Å². The highest BCUT2D eigenvalue weighted by Crippen LogP contribution is 2.24. The van der Waals surface area contributed by atoms with Gasteiger partial charge in [0.15, 0.2) is 0 Å². The summed E-state index contributed by atoms with van der Waals surface area (Å²) in [5, 5.41) is 0. The van der Waals surface area contributed by atoms with Crippen molar-refractivity contribution in [3.63, 3.8) is 0 Å². The Hall–Kier alpha value is -1.31. The maximum Gasteiger partial charge on any atom is 0.306 e. The lowest BCUT2D eigenvalue weighted by Crippen LogP contribution is -2.07. The molecule has 0 N–H and O–H groups in total. The van der Waals surface area contributed by atoms with Crippen molar-refractivity contribution in [2.24, 2.45) is 0 Å². The molecule has 82 valence electrons. The molecule has 0 aliphatic rings. The van der Waals surface area contributed by atoms with Crippen LogP contribution in [0.3, 0.4) is 0 Å². The van der Waals surface area contributed by atoms with Gasteiger partial charge < -0.3 is 4.74 Å². The van der Waals surface area contributed by atoms with Crippen molar-refractivity contribution in [3.8, 4) is 0 Å². The number of hydrogen-bond donors (Lipinski definition) is 0. The smallest absolute Gasteiger partial charge is 0.306 e. The highest BCUT2D eigenvalue weighted by atomic mass is 16.5. The molecule has 1 unspecified atom stereocenters. The van der Waals surface area contributed by atoms with E-state index in [-0.39, 0.29) is 11.9 Å². The number of esters is 1. The first kappa shape index (κ1) is 11.8. The monoisotopic (exact) mass is 206 g/mol. The summed E-state index contributed by atoms with van der Waals surface area (Å²) in [4.78, 5) is 11.2. The second-order valence-corrected chi connectivity index (χ2v) is 3.97. The number of rotatable bonds is 3. The quantitative estimate of drug-likeness (QED) is 0.711. The van der Waals surface area contributed by atoms with Gasteiger partial charge in [0, 0.05) is 0 Å². The first-order valence-electron chi connectivity index (χ1n) is 5.19. The summed E-state index contributed by atoms with van der Waals surface area (Å²) in [5.74, 6) is 0.0701. The lowest BCUT2D eigenvalue weighted by Gasteiger charge is -2.14. The van der Waals surface area contributed by atoms with Crippen LogP contribution >= 0.6 is 0 Å². The van der Waals surface area contributed by atoms with Crippen LogP contribution in [0.4, 0.5) is 0 Å². The topological polar surface area (TPSA) is 26.3 Å². The first-order valence-corrected chi connectivity index (χ1v) is 5.19. The molecule has 0 amide bonds. The Morgan fingerprint density at radius 2 is 2.07 bits per heavy atom. The first-order chi connectivity index (χ1) is 7.06. The number of carbonyl (C=O) groups is 1. The zero-order valence-corrected chi connectivity index (χ0v) is 9.83. The van der Waals surface area contributed by atoms with Crippen LogP contribution in [0, 0.1) is 13.8 Å². The van der Waals surface area contributed by atoms with Crippen LogP contribution < -0.4 is 0 Å². The standard InChI is InChI=1S/C13H18O2/c1-9-6-5-7-12(11(9)3)10(2)8-13(14)15-4/h5-7,10H,8H2,1-4H3. The van der Waals surface area contributed by atoms with Gasteiger partial charge in [0.1, 0.15) is 0 Å². The maximum absolute atomic E-state index is 11.2. The molecule has 1 atom stereocenters. The molecule has 0 bridgehead atoms. The van der Waals surface area contributed by atoms with E-state index in [4.69, 9.17) is 0 Å². The Labute approximate surface area is 91.3 Å². The molecule has 0 aromatic heterocycles. The van der Waals surface area contributed by atoms with Crippen LogP contribution in [0.15, 0.2) is 18.2 Å². The second-order valence-electron chi connectivity index (χ2n) is 3.97. The summed E-state index contributed by atoms with van der Waals surface area (Å²) in [6, 6.07) is 6.20. The van der Waals surface area contributed by atoms with Crippen molar-refractivity contribution in [1.82, 2.24) is 0 Å². The summed E-state index contributed by atoms with van der Waals surface area (Å²) in [6.45, 7) is 6.24. The highest BCUT2D eigenvalue weighted by molar-refractivity contribution is 5.70. The summed E-state index contributed by atoms with van der Waals surface area (Å²) in [6.07, 6.45) is 0.445. The third-order valence-corrected chi connectivity index (χ3v) is 2.88. The van der Waals surface area contributed by atoms with E-state index < -0.39 is 0 Å². The molecule has 0 aliphatic heterocycles. The van der Waals surface area contributed by atoms with Gasteiger partial charge in [0.2, 0.25) is 0 Å². The minimum atomic E-state index is -0.150. The molecule has 2 nitrogen and oxygen atoms in total. The fourth-order valence-electron chi connectivity index (χ4n) is 1.75. The molecule has 0 saturated heterocycles. The van der Waals surface area contributed by atoms with E-state index in [1.807, 2.05) is 6.07 Å². The highest BCUT2D eigenvalue weighted by Gasteiger charge is 2.13. The fourth-order valence-corrected chi connectivity index (χ4v) is 1.75. The van der Waals surface area contributed by atoms with Gasteiger partial charge in [0.05, 0.1) is 13.5 Å². The molecule has 0 heterocycles. The van der Waals surface area contributed by atoms with E-state index in [0.717, 1.165) is 0 Å². The van der Waals surface area contributed by atoms with E-state index in [0.29, 0.717) is 6.42 Å². The van der Waals surface area contributed by atoms with E-state index in [1.54, 1.807) is 0 Å². The van der Waals surface area contributed by atoms with Crippen molar-refractivity contribution in [2.45, 2.75) is 33.1 Å². The Bertz CT molecular complexity index is 356. The summed E-state index contributed by atoms with van der Waals surface area (Å²) in [7, 11) is 1.43. The lowest BCUT2D eigenvalue weighted by molar-refractivity contribution is -0.140. The summed E-state index contributed by atoms with van der Waals surface area (Å²) >= 11 is 0. The summed E-state index contributed by atoms with van der Waals surface area (Å²) < 4.78 is 4.67.